The van der Waals surface area contributed by atoms with Crippen molar-refractivity contribution in [2.45, 2.75) is 83.1 Å². The number of aliphatic hydroxyl groups excluding tert-OH is 2. The minimum atomic E-state index is -2.57. The molecule has 4 aromatic carbocycles. The van der Waals surface area contributed by atoms with Gasteiger partial charge in [-0.1, -0.05) is 210 Å². The average Bonchev–Trinajstić information content (AvgIpc) is 3.25. The summed E-state index contributed by atoms with van der Waals surface area (Å²) in [5.41, 5.74) is 2.07. The topological polar surface area (TPSA) is 100 Å². The van der Waals surface area contributed by atoms with Crippen LogP contribution in [0, 0.1) is 33.8 Å². The van der Waals surface area contributed by atoms with E-state index >= 15 is 0 Å². The van der Waals surface area contributed by atoms with Gasteiger partial charge in [-0.05, 0) is 26.8 Å². The van der Waals surface area contributed by atoms with Gasteiger partial charge in [-0.3, -0.25) is 9.59 Å². The first-order chi connectivity index (χ1) is 29.5. The maximum Gasteiger partial charge on any atom is 0.181 e. The van der Waals surface area contributed by atoms with Crippen molar-refractivity contribution in [3.05, 3.63) is 182 Å². The molecule has 65 heavy (non-hydrogen) atoms. The summed E-state index contributed by atoms with van der Waals surface area (Å²) in [4.78, 5) is 32.3. The van der Waals surface area contributed by atoms with Crippen molar-refractivity contribution in [2.75, 3.05) is 0 Å². The smallest absolute Gasteiger partial charge is 0.181 e. The zero-order valence-corrected chi connectivity index (χ0v) is 45.3. The number of hydrogen-bond acceptors (Lipinski definition) is 6. The van der Waals surface area contributed by atoms with Gasteiger partial charge in [0.25, 0.3) is 0 Å². The van der Waals surface area contributed by atoms with Crippen molar-refractivity contribution in [1.82, 2.24) is 9.97 Å². The van der Waals surface area contributed by atoms with Crippen LogP contribution in [0.3, 0.4) is 0 Å². The van der Waals surface area contributed by atoms with Crippen LogP contribution < -0.4 is 20.7 Å². The number of carbonyl (C=O) groups is 2. The Labute approximate surface area is 418 Å². The second kappa shape index (κ2) is 24.1. The van der Waals surface area contributed by atoms with Crippen LogP contribution >= 0.6 is 0 Å². The molecule has 348 valence electrons. The van der Waals surface area contributed by atoms with Gasteiger partial charge < -0.3 is 20.2 Å². The van der Waals surface area contributed by atoms with Crippen LogP contribution in [0.15, 0.2) is 170 Å². The second-order valence-corrected chi connectivity index (χ2v) is 23.5. The van der Waals surface area contributed by atoms with Gasteiger partial charge in [0.15, 0.2) is 19.6 Å². The van der Waals surface area contributed by atoms with Crippen LogP contribution in [0.4, 0.5) is 0 Å². The number of carbonyl (C=O) groups excluding carboxylic acids is 2. The van der Waals surface area contributed by atoms with E-state index in [9.17, 15) is 19.8 Å². The van der Waals surface area contributed by atoms with Crippen molar-refractivity contribution in [1.29, 1.82) is 0 Å². The predicted octanol–water partition coefficient (Wildman–Crippen LogP) is 11.0. The van der Waals surface area contributed by atoms with Gasteiger partial charge in [-0.25, -0.2) is 35.4 Å². The minimum Gasteiger partial charge on any atom is -0.512 e. The number of ketones is 2. The number of hydrogen-bond donors (Lipinski definition) is 2. The maximum absolute atomic E-state index is 11.5. The first-order valence-corrected chi connectivity index (χ1v) is 23.3. The molecule has 6 aromatic rings. The third kappa shape index (κ3) is 15.7. The monoisotopic (exact) mass is 1250 g/mol. The van der Waals surface area contributed by atoms with Crippen LogP contribution in [0.5, 0.6) is 0 Å². The Hall–Kier alpha value is -4.81. The summed E-state index contributed by atoms with van der Waals surface area (Å²) in [6.07, 6.45) is 6.52. The Morgan fingerprint density at radius 1 is 0.462 bits per heavy atom. The molecule has 0 aliphatic rings. The zero-order valence-electron chi connectivity index (χ0n) is 39.7. The summed E-state index contributed by atoms with van der Waals surface area (Å²) < 4.78 is 0. The number of aliphatic hydroxyl groups is 2. The minimum absolute atomic E-state index is 0. The molecule has 6 rings (SSSR count). The van der Waals surface area contributed by atoms with Gasteiger partial charge in [0.1, 0.15) is 11.5 Å². The van der Waals surface area contributed by atoms with Gasteiger partial charge in [0.05, 0.1) is 0 Å². The van der Waals surface area contributed by atoms with E-state index in [-0.39, 0.29) is 76.0 Å². The summed E-state index contributed by atoms with van der Waals surface area (Å²) >= 11 is 0. The first-order valence-electron chi connectivity index (χ1n) is 21.3. The van der Waals surface area contributed by atoms with Crippen molar-refractivity contribution in [3.8, 4) is 22.5 Å². The Kier molecular flexibility index (Phi) is 20.9. The van der Waals surface area contributed by atoms with Gasteiger partial charge in [-0.15, -0.1) is 0 Å². The average molecular weight is 1250 g/mol. The molecule has 0 bridgehead atoms. The van der Waals surface area contributed by atoms with E-state index in [1.807, 2.05) is 113 Å². The second-order valence-electron chi connectivity index (χ2n) is 19.7. The molecule has 0 saturated heterocycles. The van der Waals surface area contributed by atoms with E-state index in [1.165, 1.54) is 32.9 Å². The van der Waals surface area contributed by atoms with Gasteiger partial charge in [0, 0.05) is 88.3 Å². The van der Waals surface area contributed by atoms with Crippen LogP contribution in [0.1, 0.15) is 83.1 Å². The number of rotatable bonds is 8. The fourth-order valence-corrected chi connectivity index (χ4v) is 10.8. The van der Waals surface area contributed by atoms with Crippen molar-refractivity contribution < 1.29 is 61.9 Å². The zero-order chi connectivity index (χ0) is 46.6. The van der Waals surface area contributed by atoms with E-state index in [4.69, 9.17) is 4.98 Å². The Balaban J connectivity index is 0.000000432. The van der Waals surface area contributed by atoms with E-state index < -0.39 is 18.9 Å². The quantitative estimate of drug-likeness (QED) is 0.0518. The van der Waals surface area contributed by atoms with Gasteiger partial charge in [-0.2, -0.15) is 0 Å². The van der Waals surface area contributed by atoms with Crippen molar-refractivity contribution in [3.63, 3.8) is 0 Å². The molecule has 0 spiro atoms. The van der Waals surface area contributed by atoms with Crippen LogP contribution in [0.25, 0.3) is 22.5 Å². The van der Waals surface area contributed by atoms with Gasteiger partial charge >= 0.3 is 0 Å². The molecular formula is C56H64N2O4Pt2Si-2. The summed E-state index contributed by atoms with van der Waals surface area (Å²) in [6, 6.07) is 53.5. The van der Waals surface area contributed by atoms with E-state index in [0.29, 0.717) is 0 Å². The maximum atomic E-state index is 11.5. The van der Waals surface area contributed by atoms with E-state index in [1.54, 1.807) is 6.20 Å². The van der Waals surface area contributed by atoms with Crippen molar-refractivity contribution >= 4 is 40.4 Å². The summed E-state index contributed by atoms with van der Waals surface area (Å²) in [5, 5.41) is 24.4. The molecule has 6 nitrogen and oxygen atoms in total. The largest absolute Gasteiger partial charge is 0.512 e. The predicted molar refractivity (Wildman–Crippen MR) is 263 cm³/mol. The third-order valence-electron chi connectivity index (χ3n) is 10.3. The van der Waals surface area contributed by atoms with Gasteiger partial charge in [0.2, 0.25) is 0 Å². The molecule has 0 aliphatic heterocycles. The van der Waals surface area contributed by atoms with Crippen LogP contribution in [-0.4, -0.2) is 39.8 Å². The number of benzene rings is 4. The van der Waals surface area contributed by atoms with Crippen LogP contribution in [0.2, 0.25) is 0 Å². The standard InChI is InChI=1S/C34H24N2Si.2C11H20O2.2Pt/c1-4-12-29(13-5-1)37(30-14-6-2-7-15-30,31-16-8-3-9-17-31)32-23-24-34(36-26-32)28-21-19-27(20-22-28)33-18-10-11-25-35-33;2*1-10(2,3)8(12)7-9(13)11(4,5)6;;/h1-19,22-26H;2*7,12H,1-6H3;;/q-2;;;;/b;2*8-7-;;. The fourth-order valence-electron chi connectivity index (χ4n) is 6.15. The summed E-state index contributed by atoms with van der Waals surface area (Å²) in [7, 11) is -2.57. The SMILES string of the molecule is CC(C)(C)C(=O)/C=C(\O)C(C)(C)C.CC(C)(C)C(=O)/C=C(\O)C(C)(C)C.[Pt].[Pt].[c-]1cc(-c2ccc([Si](c3ccccc3)(c3ccccc3)c3ccccc3)cn2)[c-]cc1-c1ccccn1. The summed E-state index contributed by atoms with van der Waals surface area (Å²) in [6.45, 7) is 22.2. The van der Waals surface area contributed by atoms with E-state index in [0.717, 1.165) is 22.5 Å². The first kappa shape index (κ1) is 56.3. The normalized spacial score (nSPS) is 12.2. The number of aromatic nitrogens is 2. The Bertz CT molecular complexity index is 2300. The van der Waals surface area contributed by atoms with Crippen LogP contribution in [-0.2, 0) is 51.7 Å². The molecule has 0 atom stereocenters. The Morgan fingerprint density at radius 3 is 1.09 bits per heavy atom. The molecule has 2 aromatic heterocycles. The molecule has 9 heteroatoms. The number of allylic oxidation sites excluding steroid dienone is 4. The fraction of sp³-hybridized carbons (Fsp3) is 0.286. The third-order valence-corrected chi connectivity index (χ3v) is 15.1. The number of nitrogens with zero attached hydrogens (tertiary/aromatic N) is 2. The Morgan fingerprint density at radius 2 is 0.815 bits per heavy atom. The molecule has 2 N–H and O–H groups in total. The molecular weight excluding hydrogens is 1180 g/mol. The summed E-state index contributed by atoms with van der Waals surface area (Å²) in [5.74, 6) is 0.208. The van der Waals surface area contributed by atoms with Crippen molar-refractivity contribution in [2.24, 2.45) is 21.7 Å². The number of pyridine rings is 2. The molecule has 0 radical (unpaired) electrons. The molecule has 0 saturated carbocycles. The molecule has 0 unspecified atom stereocenters. The molecule has 0 amide bonds. The molecule has 2 heterocycles. The molecule has 0 fully saturated rings. The molecule has 0 aliphatic carbocycles. The van der Waals surface area contributed by atoms with E-state index in [2.05, 4.69) is 126 Å².